The predicted octanol–water partition coefficient (Wildman–Crippen LogP) is 3.80. The van der Waals surface area contributed by atoms with E-state index in [1.165, 1.54) is 6.42 Å². The third-order valence-electron chi connectivity index (χ3n) is 5.28. The van der Waals surface area contributed by atoms with Gasteiger partial charge in [-0.25, -0.2) is 0 Å². The molecule has 24 heavy (non-hydrogen) atoms. The van der Waals surface area contributed by atoms with Gasteiger partial charge in [-0.05, 0) is 38.5 Å². The fourth-order valence-corrected chi connectivity index (χ4v) is 5.30. The Hall–Kier alpha value is -0.710. The second-order valence-electron chi connectivity index (χ2n) is 7.83. The van der Waals surface area contributed by atoms with Crippen LogP contribution in [-0.4, -0.2) is 39.9 Å². The van der Waals surface area contributed by atoms with E-state index in [0.717, 1.165) is 44.3 Å². The minimum atomic E-state index is -0.290. The quantitative estimate of drug-likeness (QED) is 0.789. The van der Waals surface area contributed by atoms with Gasteiger partial charge in [-0.15, -0.1) is 11.8 Å². The Kier molecular flexibility index (Phi) is 7.45. The topological polar surface area (TPSA) is 49.4 Å². The first-order valence-electron chi connectivity index (χ1n) is 9.68. The summed E-state index contributed by atoms with van der Waals surface area (Å²) in [7, 11) is 0. The summed E-state index contributed by atoms with van der Waals surface area (Å²) >= 11 is 1.79. The fourth-order valence-electron chi connectivity index (χ4n) is 3.65. The number of hydrogen-bond donors (Lipinski definition) is 1. The zero-order valence-corrected chi connectivity index (χ0v) is 16.5. The van der Waals surface area contributed by atoms with Gasteiger partial charge < -0.3 is 10.2 Å². The molecule has 2 aliphatic rings. The molecule has 3 unspecified atom stereocenters. The van der Waals surface area contributed by atoms with Crippen molar-refractivity contribution in [1.29, 1.82) is 0 Å². The lowest BCUT2D eigenvalue weighted by Gasteiger charge is -2.34. The summed E-state index contributed by atoms with van der Waals surface area (Å²) in [6, 6.07) is -0.125. The van der Waals surface area contributed by atoms with Crippen molar-refractivity contribution in [3.63, 3.8) is 0 Å². The molecule has 1 saturated carbocycles. The highest BCUT2D eigenvalue weighted by Gasteiger charge is 2.43. The van der Waals surface area contributed by atoms with Crippen LogP contribution in [0.1, 0.15) is 72.6 Å². The van der Waals surface area contributed by atoms with E-state index in [1.807, 2.05) is 11.8 Å². The van der Waals surface area contributed by atoms with Crippen LogP contribution in [0.4, 0.5) is 0 Å². The van der Waals surface area contributed by atoms with E-state index in [4.69, 9.17) is 0 Å². The molecular formula is C19H34N2O2S. The van der Waals surface area contributed by atoms with Crippen molar-refractivity contribution >= 4 is 23.6 Å². The summed E-state index contributed by atoms with van der Waals surface area (Å²) in [6.45, 7) is 8.48. The molecule has 1 aliphatic heterocycles. The summed E-state index contributed by atoms with van der Waals surface area (Å²) in [6.07, 6.45) is 7.41. The third kappa shape index (κ3) is 4.90. The maximum Gasteiger partial charge on any atom is 0.243 e. The molecule has 1 N–H and O–H groups in total. The van der Waals surface area contributed by atoms with Crippen molar-refractivity contribution in [2.45, 2.75) is 90.1 Å². The van der Waals surface area contributed by atoms with Crippen molar-refractivity contribution in [3.05, 3.63) is 0 Å². The number of nitrogens with one attached hydrogen (secondary N) is 1. The number of nitrogens with zero attached hydrogens (tertiary/aromatic N) is 1. The largest absolute Gasteiger partial charge is 0.352 e. The normalized spacial score (nSPS) is 26.6. The van der Waals surface area contributed by atoms with Crippen molar-refractivity contribution in [2.24, 2.45) is 11.8 Å². The highest BCUT2D eigenvalue weighted by atomic mass is 32.2. The van der Waals surface area contributed by atoms with Gasteiger partial charge in [-0.1, -0.05) is 40.0 Å². The minimum absolute atomic E-state index is 0.0345. The summed E-state index contributed by atoms with van der Waals surface area (Å²) in [5, 5.41) is 3.25. The van der Waals surface area contributed by atoms with E-state index in [1.54, 1.807) is 11.8 Å². The molecule has 2 rings (SSSR count). The molecule has 0 radical (unpaired) electrons. The Morgan fingerprint density at radius 2 is 1.83 bits per heavy atom. The summed E-state index contributed by atoms with van der Waals surface area (Å²) < 4.78 is 0. The Morgan fingerprint density at radius 3 is 2.42 bits per heavy atom. The number of hydrogen-bond acceptors (Lipinski definition) is 3. The van der Waals surface area contributed by atoms with Gasteiger partial charge in [-0.3, -0.25) is 9.59 Å². The van der Waals surface area contributed by atoms with Crippen LogP contribution < -0.4 is 5.32 Å². The zero-order chi connectivity index (χ0) is 17.7. The molecule has 1 saturated heterocycles. The van der Waals surface area contributed by atoms with E-state index < -0.39 is 0 Å². The van der Waals surface area contributed by atoms with Crippen molar-refractivity contribution in [3.8, 4) is 0 Å². The van der Waals surface area contributed by atoms with Gasteiger partial charge in [0.1, 0.15) is 6.04 Å². The van der Waals surface area contributed by atoms with E-state index in [9.17, 15) is 9.59 Å². The monoisotopic (exact) mass is 354 g/mol. The molecule has 0 aromatic rings. The van der Waals surface area contributed by atoms with Crippen LogP contribution in [0.5, 0.6) is 0 Å². The summed E-state index contributed by atoms with van der Waals surface area (Å²) in [5.74, 6) is 1.66. The molecule has 4 nitrogen and oxygen atoms in total. The highest BCUT2D eigenvalue weighted by Crippen LogP contribution is 2.37. The average Bonchev–Trinajstić information content (AvgIpc) is 2.97. The molecule has 3 atom stereocenters. The molecular weight excluding hydrogens is 320 g/mol. The maximum absolute atomic E-state index is 13.2. The van der Waals surface area contributed by atoms with Crippen LogP contribution in [0.2, 0.25) is 0 Å². The van der Waals surface area contributed by atoms with Gasteiger partial charge in [0.05, 0.1) is 5.37 Å². The number of thioether (sulfide) groups is 1. The lowest BCUT2D eigenvalue weighted by atomic mass is 9.87. The molecule has 2 amide bonds. The van der Waals surface area contributed by atoms with Crippen molar-refractivity contribution in [1.82, 2.24) is 10.2 Å². The standard InChI is InChI=1S/C19H34N2O2S/c1-5-14(4)20-18(22)16-12-24-17(11-13(2)3)21(16)19(23)15-9-7-6-8-10-15/h13-17H,5-12H2,1-4H3,(H,20,22). The van der Waals surface area contributed by atoms with E-state index >= 15 is 0 Å². The first kappa shape index (κ1) is 19.6. The first-order valence-corrected chi connectivity index (χ1v) is 10.7. The lowest BCUT2D eigenvalue weighted by molar-refractivity contribution is -0.144. The fraction of sp³-hybridized carbons (Fsp3) is 0.895. The minimum Gasteiger partial charge on any atom is -0.352 e. The van der Waals surface area contributed by atoms with E-state index in [2.05, 4.69) is 26.1 Å². The predicted molar refractivity (Wildman–Crippen MR) is 101 cm³/mol. The van der Waals surface area contributed by atoms with Crippen molar-refractivity contribution < 1.29 is 9.59 Å². The smallest absolute Gasteiger partial charge is 0.243 e. The molecule has 5 heteroatoms. The molecule has 0 aromatic carbocycles. The van der Waals surface area contributed by atoms with Crippen LogP contribution in [0.25, 0.3) is 0 Å². The van der Waals surface area contributed by atoms with Gasteiger partial charge >= 0.3 is 0 Å². The Morgan fingerprint density at radius 1 is 1.17 bits per heavy atom. The van der Waals surface area contributed by atoms with Gasteiger partial charge in [0, 0.05) is 17.7 Å². The molecule has 2 fully saturated rings. The number of carbonyl (C=O) groups excluding carboxylic acids is 2. The van der Waals surface area contributed by atoms with Crippen molar-refractivity contribution in [2.75, 3.05) is 5.75 Å². The third-order valence-corrected chi connectivity index (χ3v) is 6.59. The number of amides is 2. The molecule has 0 bridgehead atoms. The Bertz CT molecular complexity index is 435. The van der Waals surface area contributed by atoms with Gasteiger partial charge in [0.25, 0.3) is 0 Å². The molecule has 138 valence electrons. The first-order chi connectivity index (χ1) is 11.4. The van der Waals surface area contributed by atoms with Gasteiger partial charge in [0.2, 0.25) is 11.8 Å². The Labute approximate surface area is 151 Å². The van der Waals surface area contributed by atoms with E-state index in [-0.39, 0.29) is 35.2 Å². The second-order valence-corrected chi connectivity index (χ2v) is 9.04. The lowest BCUT2D eigenvalue weighted by Crippen LogP contribution is -2.53. The highest BCUT2D eigenvalue weighted by molar-refractivity contribution is 8.00. The molecule has 0 aromatic heterocycles. The van der Waals surface area contributed by atoms with E-state index in [0.29, 0.717) is 5.92 Å². The average molecular weight is 355 g/mol. The molecule has 0 spiro atoms. The summed E-state index contributed by atoms with van der Waals surface area (Å²) in [4.78, 5) is 27.9. The van der Waals surface area contributed by atoms with Crippen LogP contribution in [0.15, 0.2) is 0 Å². The van der Waals surface area contributed by atoms with Crippen LogP contribution in [-0.2, 0) is 9.59 Å². The summed E-state index contributed by atoms with van der Waals surface area (Å²) in [5.41, 5.74) is 0. The van der Waals surface area contributed by atoms with Gasteiger partial charge in [0.15, 0.2) is 0 Å². The SMILES string of the molecule is CCC(C)NC(=O)C1CSC(CC(C)C)N1C(=O)C1CCCCC1. The molecule has 1 heterocycles. The van der Waals surface area contributed by atoms with Crippen LogP contribution in [0, 0.1) is 11.8 Å². The maximum atomic E-state index is 13.2. The number of rotatable bonds is 6. The second kappa shape index (κ2) is 9.12. The van der Waals surface area contributed by atoms with Gasteiger partial charge in [-0.2, -0.15) is 0 Å². The molecule has 1 aliphatic carbocycles. The Balaban J connectivity index is 2.12. The zero-order valence-electron chi connectivity index (χ0n) is 15.7. The number of carbonyl (C=O) groups is 2. The van der Waals surface area contributed by atoms with Crippen LogP contribution >= 0.6 is 11.8 Å². The van der Waals surface area contributed by atoms with Crippen LogP contribution in [0.3, 0.4) is 0 Å².